The first-order valence-electron chi connectivity index (χ1n) is 9.45. The minimum Gasteiger partial charge on any atom is -0.490 e. The molecule has 0 atom stereocenters. The number of H-pyrrole nitrogens is 1. The molecular weight excluding hydrogens is 340 g/mol. The summed E-state index contributed by atoms with van der Waals surface area (Å²) in [6, 6.07) is 13.5. The van der Waals surface area contributed by atoms with E-state index in [1.165, 1.54) is 10.9 Å². The van der Waals surface area contributed by atoms with E-state index in [9.17, 15) is 4.79 Å². The minimum absolute atomic E-state index is 0.113. The van der Waals surface area contributed by atoms with Crippen LogP contribution >= 0.6 is 0 Å². The number of carbonyl (C=O) groups is 1. The van der Waals surface area contributed by atoms with E-state index in [2.05, 4.69) is 29.4 Å². The highest BCUT2D eigenvalue weighted by atomic mass is 16.5. The molecule has 0 fully saturated rings. The number of hydrogen-bond donors (Lipinski definition) is 2. The van der Waals surface area contributed by atoms with E-state index < -0.39 is 0 Å². The van der Waals surface area contributed by atoms with Crippen molar-refractivity contribution in [1.29, 1.82) is 0 Å². The van der Waals surface area contributed by atoms with E-state index in [0.29, 0.717) is 36.8 Å². The molecule has 2 N–H and O–H groups in total. The highest BCUT2D eigenvalue weighted by molar-refractivity contribution is 5.95. The van der Waals surface area contributed by atoms with Crippen LogP contribution in [0.5, 0.6) is 11.5 Å². The Kier molecular flexibility index (Phi) is 6.36. The zero-order valence-corrected chi connectivity index (χ0v) is 15.9. The van der Waals surface area contributed by atoms with Crippen LogP contribution in [0.1, 0.15) is 36.2 Å². The summed E-state index contributed by atoms with van der Waals surface area (Å²) in [6.45, 7) is 5.68. The van der Waals surface area contributed by atoms with Crippen LogP contribution < -0.4 is 14.8 Å². The Morgan fingerprint density at radius 2 is 1.93 bits per heavy atom. The maximum Gasteiger partial charge on any atom is 0.251 e. The summed E-state index contributed by atoms with van der Waals surface area (Å²) in [5, 5.41) is 4.18. The van der Waals surface area contributed by atoms with Crippen molar-refractivity contribution in [2.24, 2.45) is 0 Å². The zero-order valence-electron chi connectivity index (χ0n) is 15.9. The second-order valence-corrected chi connectivity index (χ2v) is 6.31. The van der Waals surface area contributed by atoms with Crippen LogP contribution in [0.2, 0.25) is 0 Å². The average Bonchev–Trinajstić information content (AvgIpc) is 3.10. The van der Waals surface area contributed by atoms with E-state index >= 15 is 0 Å². The van der Waals surface area contributed by atoms with Gasteiger partial charge in [0.25, 0.3) is 5.91 Å². The summed E-state index contributed by atoms with van der Waals surface area (Å²) in [5.74, 6) is 1.17. The number of fused-ring (bicyclic) bond motifs is 1. The van der Waals surface area contributed by atoms with Gasteiger partial charge in [-0.05, 0) is 49.6 Å². The van der Waals surface area contributed by atoms with Crippen LogP contribution in [0.15, 0.2) is 48.7 Å². The molecule has 0 aliphatic rings. The topological polar surface area (TPSA) is 63.3 Å². The third-order valence-corrected chi connectivity index (χ3v) is 4.32. The van der Waals surface area contributed by atoms with Gasteiger partial charge in [-0.3, -0.25) is 4.79 Å². The lowest BCUT2D eigenvalue weighted by molar-refractivity contribution is 0.0953. The van der Waals surface area contributed by atoms with Crippen LogP contribution in [-0.2, 0) is 6.42 Å². The van der Waals surface area contributed by atoms with Crippen molar-refractivity contribution in [3.8, 4) is 11.5 Å². The summed E-state index contributed by atoms with van der Waals surface area (Å²) >= 11 is 0. The molecule has 0 aliphatic carbocycles. The minimum atomic E-state index is -0.113. The standard InChI is InChI=1S/C22H26N2O3/c1-3-13-27-20-10-9-16(14-21(20)26-4-2)22(25)23-12-11-17-15-24-19-8-6-5-7-18(17)19/h5-10,14-15,24H,3-4,11-13H2,1-2H3,(H,23,25). The molecule has 3 aromatic rings. The summed E-state index contributed by atoms with van der Waals surface area (Å²) < 4.78 is 11.3. The summed E-state index contributed by atoms with van der Waals surface area (Å²) in [7, 11) is 0. The first-order chi connectivity index (χ1) is 13.2. The van der Waals surface area contributed by atoms with Gasteiger partial charge >= 0.3 is 0 Å². The molecule has 1 heterocycles. The summed E-state index contributed by atoms with van der Waals surface area (Å²) in [4.78, 5) is 15.8. The number of ether oxygens (including phenoxy) is 2. The first kappa shape index (κ1) is 18.8. The Morgan fingerprint density at radius 3 is 2.74 bits per heavy atom. The fourth-order valence-electron chi connectivity index (χ4n) is 3.00. The SMILES string of the molecule is CCCOc1ccc(C(=O)NCCc2c[nH]c3ccccc23)cc1OCC. The van der Waals surface area contributed by atoms with Gasteiger partial charge < -0.3 is 19.8 Å². The fourth-order valence-corrected chi connectivity index (χ4v) is 3.00. The molecule has 142 valence electrons. The molecule has 5 heteroatoms. The van der Waals surface area contributed by atoms with Crippen molar-refractivity contribution in [2.45, 2.75) is 26.7 Å². The van der Waals surface area contributed by atoms with Crippen molar-refractivity contribution >= 4 is 16.8 Å². The van der Waals surface area contributed by atoms with E-state index in [0.717, 1.165) is 18.4 Å². The molecule has 27 heavy (non-hydrogen) atoms. The van der Waals surface area contributed by atoms with Crippen molar-refractivity contribution in [1.82, 2.24) is 10.3 Å². The maximum absolute atomic E-state index is 12.5. The monoisotopic (exact) mass is 366 g/mol. The van der Waals surface area contributed by atoms with Crippen molar-refractivity contribution in [3.63, 3.8) is 0 Å². The van der Waals surface area contributed by atoms with Crippen LogP contribution in [0, 0.1) is 0 Å². The molecule has 0 saturated heterocycles. The van der Waals surface area contributed by atoms with Gasteiger partial charge in [-0.1, -0.05) is 25.1 Å². The van der Waals surface area contributed by atoms with Crippen molar-refractivity contribution < 1.29 is 14.3 Å². The third kappa shape index (κ3) is 4.61. The van der Waals surface area contributed by atoms with Gasteiger partial charge in [0.05, 0.1) is 13.2 Å². The highest BCUT2D eigenvalue weighted by Gasteiger charge is 2.12. The van der Waals surface area contributed by atoms with Gasteiger partial charge in [-0.25, -0.2) is 0 Å². The predicted molar refractivity (Wildman–Crippen MR) is 108 cm³/mol. The molecule has 3 rings (SSSR count). The number of nitrogens with one attached hydrogen (secondary N) is 2. The number of carbonyl (C=O) groups excluding carboxylic acids is 1. The van der Waals surface area contributed by atoms with E-state index in [-0.39, 0.29) is 5.91 Å². The Hall–Kier alpha value is -2.95. The fraction of sp³-hybridized carbons (Fsp3) is 0.318. The summed E-state index contributed by atoms with van der Waals surface area (Å²) in [5.41, 5.74) is 2.88. The smallest absolute Gasteiger partial charge is 0.251 e. The summed E-state index contributed by atoms with van der Waals surface area (Å²) in [6.07, 6.45) is 3.69. The number of benzene rings is 2. The molecule has 0 spiro atoms. The molecule has 1 amide bonds. The molecule has 0 aliphatic heterocycles. The molecule has 1 aromatic heterocycles. The maximum atomic E-state index is 12.5. The Balaban J connectivity index is 1.62. The van der Waals surface area contributed by atoms with E-state index in [1.807, 2.05) is 25.3 Å². The van der Waals surface area contributed by atoms with Crippen molar-refractivity contribution in [2.75, 3.05) is 19.8 Å². The third-order valence-electron chi connectivity index (χ3n) is 4.32. The van der Waals surface area contributed by atoms with Gasteiger partial charge in [0.1, 0.15) is 0 Å². The number of aromatic nitrogens is 1. The number of amides is 1. The largest absolute Gasteiger partial charge is 0.490 e. The Morgan fingerprint density at radius 1 is 1.07 bits per heavy atom. The van der Waals surface area contributed by atoms with Gasteiger partial charge in [-0.2, -0.15) is 0 Å². The molecule has 0 unspecified atom stereocenters. The second-order valence-electron chi connectivity index (χ2n) is 6.31. The lowest BCUT2D eigenvalue weighted by Gasteiger charge is -2.13. The molecule has 0 radical (unpaired) electrons. The lowest BCUT2D eigenvalue weighted by atomic mass is 10.1. The predicted octanol–water partition coefficient (Wildman–Crippen LogP) is 4.33. The van der Waals surface area contributed by atoms with Crippen LogP contribution in [-0.4, -0.2) is 30.6 Å². The number of para-hydroxylation sites is 1. The number of aromatic amines is 1. The molecule has 0 bridgehead atoms. The molecule has 0 saturated carbocycles. The second kappa shape index (κ2) is 9.12. The van der Waals surface area contributed by atoms with E-state index in [1.54, 1.807) is 18.2 Å². The molecule has 2 aromatic carbocycles. The quantitative estimate of drug-likeness (QED) is 0.592. The first-order valence-corrected chi connectivity index (χ1v) is 9.45. The van der Waals surface area contributed by atoms with Crippen LogP contribution in [0.4, 0.5) is 0 Å². The zero-order chi connectivity index (χ0) is 19.1. The normalized spacial score (nSPS) is 10.7. The van der Waals surface area contributed by atoms with Gasteiger partial charge in [0.15, 0.2) is 11.5 Å². The molecular formula is C22H26N2O3. The highest BCUT2D eigenvalue weighted by Crippen LogP contribution is 2.28. The number of hydrogen-bond acceptors (Lipinski definition) is 3. The van der Waals surface area contributed by atoms with E-state index in [4.69, 9.17) is 9.47 Å². The Bertz CT molecular complexity index is 901. The Labute approximate surface area is 159 Å². The molecule has 5 nitrogen and oxygen atoms in total. The number of rotatable bonds is 9. The van der Waals surface area contributed by atoms with Gasteiger partial charge in [0.2, 0.25) is 0 Å². The van der Waals surface area contributed by atoms with Crippen molar-refractivity contribution in [3.05, 3.63) is 59.8 Å². The average molecular weight is 366 g/mol. The van der Waals surface area contributed by atoms with Gasteiger partial charge in [-0.15, -0.1) is 0 Å². The van der Waals surface area contributed by atoms with Crippen LogP contribution in [0.3, 0.4) is 0 Å². The van der Waals surface area contributed by atoms with Gasteiger partial charge in [0, 0.05) is 29.2 Å². The lowest BCUT2D eigenvalue weighted by Crippen LogP contribution is -2.25. The van der Waals surface area contributed by atoms with Crippen LogP contribution in [0.25, 0.3) is 10.9 Å².